The van der Waals surface area contributed by atoms with Crippen molar-refractivity contribution in [2.24, 2.45) is 0 Å². The molecular weight excluding hydrogens is 580 g/mol. The molecule has 6 aromatic rings. The number of hydrogen-bond donors (Lipinski definition) is 0. The molecule has 11 heteroatoms. The van der Waals surface area contributed by atoms with Crippen LogP contribution < -0.4 is 21.1 Å². The van der Waals surface area contributed by atoms with Gasteiger partial charge >= 0.3 is 5.69 Å². The molecule has 10 nitrogen and oxygen atoms in total. The van der Waals surface area contributed by atoms with Gasteiger partial charge in [-0.3, -0.25) is 18.7 Å². The van der Waals surface area contributed by atoms with Crippen molar-refractivity contribution in [3.05, 3.63) is 116 Å². The fraction of sp³-hybridized carbons (Fsp3) is 0.182. The van der Waals surface area contributed by atoms with E-state index in [0.29, 0.717) is 33.0 Å². The van der Waals surface area contributed by atoms with E-state index in [9.17, 15) is 19.5 Å². The van der Waals surface area contributed by atoms with Gasteiger partial charge in [-0.25, -0.2) is 9.78 Å². The zero-order chi connectivity index (χ0) is 30.4. The summed E-state index contributed by atoms with van der Waals surface area (Å²) in [6.45, 7) is -0.200. The van der Waals surface area contributed by atoms with E-state index in [4.69, 9.17) is 4.74 Å². The molecule has 44 heavy (non-hydrogen) atoms. The van der Waals surface area contributed by atoms with Crippen LogP contribution in [0.25, 0.3) is 32.7 Å². The van der Waals surface area contributed by atoms with Crippen LogP contribution in [0.3, 0.4) is 0 Å². The Morgan fingerprint density at radius 2 is 1.73 bits per heavy atom. The Morgan fingerprint density at radius 1 is 1.00 bits per heavy atom. The molecule has 0 saturated heterocycles. The van der Waals surface area contributed by atoms with Gasteiger partial charge in [-0.1, -0.05) is 60.7 Å². The van der Waals surface area contributed by atoms with Crippen molar-refractivity contribution in [2.75, 3.05) is 7.11 Å². The second-order valence-electron chi connectivity index (χ2n) is 10.7. The third kappa shape index (κ3) is 5.01. The number of carbonyl (C=O) groups excluding carboxylic acids is 1. The maximum Gasteiger partial charge on any atom is 0.332 e. The summed E-state index contributed by atoms with van der Waals surface area (Å²) in [5, 5.41) is 15.7. The predicted octanol–water partition coefficient (Wildman–Crippen LogP) is 4.83. The Balaban J connectivity index is 1.27. The van der Waals surface area contributed by atoms with E-state index in [0.717, 1.165) is 39.0 Å². The van der Waals surface area contributed by atoms with Gasteiger partial charge in [0.2, 0.25) is 0 Å². The number of rotatable bonds is 9. The molecule has 1 saturated carbocycles. The first-order valence-electron chi connectivity index (χ1n) is 14.0. The summed E-state index contributed by atoms with van der Waals surface area (Å²) in [4.78, 5) is 46.4. The van der Waals surface area contributed by atoms with Crippen LogP contribution in [0.2, 0.25) is 0 Å². The lowest BCUT2D eigenvalue weighted by atomic mass is 9.98. The Hall–Kier alpha value is -5.29. The second-order valence-corrected chi connectivity index (χ2v) is 11.7. The molecule has 1 aliphatic carbocycles. The number of thiophene rings is 1. The molecule has 0 atom stereocenters. The highest BCUT2D eigenvalue weighted by Crippen LogP contribution is 2.44. The number of Topliss-reactive ketones (excluding diaryl/α,β-unsaturated/α-hetero) is 1. The molecule has 0 unspecified atom stereocenters. The van der Waals surface area contributed by atoms with Crippen LogP contribution in [0, 0.1) is 0 Å². The van der Waals surface area contributed by atoms with Crippen molar-refractivity contribution in [1.82, 2.24) is 19.3 Å². The SMILES string of the molecule is COc1ccccc1C(=O)Cn1c(=O)c2cc(C3CC3)sc2n(Cc2ccc(-c3ccccc3-c3noc([O-])n3)cc2)c1=O. The quantitative estimate of drug-likeness (QED) is 0.214. The number of aromatic nitrogens is 4. The Kier molecular flexibility index (Phi) is 6.94. The number of nitrogens with zero attached hydrogens (tertiary/aromatic N) is 4. The average molecular weight is 606 g/mol. The standard InChI is InChI=1S/C33H26N4O6S/c1-42-27-9-5-4-8-24(27)26(38)18-36-30(39)25-16-28(21-14-15-21)44-31(25)37(33(36)41)17-19-10-12-20(13-11-19)22-6-2-3-7-23(22)29-34-32(40)43-35-29/h2-13,16,21H,14-15,17-18H2,1H3,(H,34,35,40)/p-1. The van der Waals surface area contributed by atoms with Gasteiger partial charge in [-0.2, -0.15) is 5.16 Å². The molecule has 0 amide bonds. The molecule has 3 heterocycles. The van der Waals surface area contributed by atoms with E-state index in [-0.39, 0.29) is 18.2 Å². The third-order valence-corrected chi connectivity index (χ3v) is 9.10. The van der Waals surface area contributed by atoms with Crippen LogP contribution in [0.4, 0.5) is 0 Å². The van der Waals surface area contributed by atoms with Crippen molar-refractivity contribution in [2.45, 2.75) is 31.8 Å². The maximum atomic E-state index is 13.9. The van der Waals surface area contributed by atoms with E-state index in [1.165, 1.54) is 18.4 Å². The molecule has 3 aromatic carbocycles. The van der Waals surface area contributed by atoms with Crippen LogP contribution in [0.15, 0.2) is 93.0 Å². The molecule has 7 rings (SSSR count). The minimum atomic E-state index is -0.758. The molecular formula is C33H25N4O6S-. The van der Waals surface area contributed by atoms with Crippen molar-refractivity contribution in [1.29, 1.82) is 0 Å². The van der Waals surface area contributed by atoms with Crippen molar-refractivity contribution < 1.29 is 19.2 Å². The van der Waals surface area contributed by atoms with Crippen LogP contribution in [-0.4, -0.2) is 32.2 Å². The maximum absolute atomic E-state index is 13.9. The number of carbonyl (C=O) groups is 1. The molecule has 220 valence electrons. The van der Waals surface area contributed by atoms with E-state index in [1.807, 2.05) is 54.6 Å². The molecule has 0 aliphatic heterocycles. The number of para-hydroxylation sites is 1. The van der Waals surface area contributed by atoms with Crippen LogP contribution >= 0.6 is 11.3 Å². The molecule has 0 N–H and O–H groups in total. The topological polar surface area (TPSA) is 132 Å². The smallest absolute Gasteiger partial charge is 0.332 e. The normalized spacial score (nSPS) is 12.9. The fourth-order valence-electron chi connectivity index (χ4n) is 5.39. The first-order chi connectivity index (χ1) is 21.4. The first kappa shape index (κ1) is 27.5. The highest BCUT2D eigenvalue weighted by molar-refractivity contribution is 7.18. The van der Waals surface area contributed by atoms with Gasteiger partial charge in [0.25, 0.3) is 5.56 Å². The van der Waals surface area contributed by atoms with E-state index < -0.39 is 23.9 Å². The molecule has 0 radical (unpaired) electrons. The van der Waals surface area contributed by atoms with Crippen LogP contribution in [0.1, 0.15) is 39.6 Å². The number of ketones is 1. The van der Waals surface area contributed by atoms with Crippen molar-refractivity contribution >= 4 is 27.3 Å². The van der Waals surface area contributed by atoms with E-state index in [1.54, 1.807) is 28.8 Å². The number of benzene rings is 3. The summed E-state index contributed by atoms with van der Waals surface area (Å²) in [5.74, 6) is 0.597. The minimum Gasteiger partial charge on any atom is -0.528 e. The number of fused-ring (bicyclic) bond motifs is 1. The first-order valence-corrected chi connectivity index (χ1v) is 14.9. The molecule has 1 fully saturated rings. The summed E-state index contributed by atoms with van der Waals surface area (Å²) < 4.78 is 12.6. The second kappa shape index (κ2) is 11.1. The summed E-state index contributed by atoms with van der Waals surface area (Å²) in [6, 6.07) is 23.7. The Morgan fingerprint density at radius 3 is 2.43 bits per heavy atom. The third-order valence-electron chi connectivity index (χ3n) is 7.78. The van der Waals surface area contributed by atoms with Gasteiger partial charge in [0.05, 0.1) is 31.1 Å². The molecule has 3 aromatic heterocycles. The zero-order valence-electron chi connectivity index (χ0n) is 23.6. The lowest BCUT2D eigenvalue weighted by Gasteiger charge is -2.13. The largest absolute Gasteiger partial charge is 0.528 e. The highest BCUT2D eigenvalue weighted by Gasteiger charge is 2.28. The van der Waals surface area contributed by atoms with E-state index in [2.05, 4.69) is 14.7 Å². The van der Waals surface area contributed by atoms with Gasteiger partial charge in [-0.05, 0) is 53.6 Å². The Labute approximate surface area is 254 Å². The zero-order valence-corrected chi connectivity index (χ0v) is 24.4. The summed E-state index contributed by atoms with van der Waals surface area (Å²) in [5.41, 5.74) is 2.45. The number of hydrogen-bond acceptors (Lipinski definition) is 9. The molecule has 0 spiro atoms. The fourth-order valence-corrected chi connectivity index (χ4v) is 6.70. The summed E-state index contributed by atoms with van der Waals surface area (Å²) >= 11 is 1.47. The average Bonchev–Trinajstić information content (AvgIpc) is 3.66. The van der Waals surface area contributed by atoms with E-state index >= 15 is 0 Å². The highest BCUT2D eigenvalue weighted by atomic mass is 32.1. The lowest BCUT2D eigenvalue weighted by Crippen LogP contribution is -2.41. The van der Waals surface area contributed by atoms with Crippen molar-refractivity contribution in [3.63, 3.8) is 0 Å². The van der Waals surface area contributed by atoms with Gasteiger partial charge in [-0.15, -0.1) is 11.3 Å². The van der Waals surface area contributed by atoms with Gasteiger partial charge in [0.15, 0.2) is 17.7 Å². The number of methoxy groups -OCH3 is 1. The minimum absolute atomic E-state index is 0.204. The Bertz CT molecular complexity index is 2150. The van der Waals surface area contributed by atoms with Crippen LogP contribution in [-0.2, 0) is 13.1 Å². The van der Waals surface area contributed by atoms with Crippen LogP contribution in [0.5, 0.6) is 11.8 Å². The molecule has 0 bridgehead atoms. The summed E-state index contributed by atoms with van der Waals surface area (Å²) in [7, 11) is 1.47. The van der Waals surface area contributed by atoms with Gasteiger partial charge in [0, 0.05) is 10.4 Å². The summed E-state index contributed by atoms with van der Waals surface area (Å²) in [6.07, 6.45) is 1.35. The van der Waals surface area contributed by atoms with Gasteiger partial charge < -0.3 is 14.4 Å². The molecule has 1 aliphatic rings. The number of ether oxygens (including phenoxy) is 1. The lowest BCUT2D eigenvalue weighted by molar-refractivity contribution is -0.303. The monoisotopic (exact) mass is 605 g/mol. The van der Waals surface area contributed by atoms with Crippen molar-refractivity contribution in [3.8, 4) is 34.3 Å². The predicted molar refractivity (Wildman–Crippen MR) is 163 cm³/mol. The van der Waals surface area contributed by atoms with Gasteiger partial charge in [0.1, 0.15) is 10.6 Å².